The molecule has 1 N–H and O–H groups in total. The van der Waals surface area contributed by atoms with Gasteiger partial charge in [0, 0.05) is 6.54 Å². The first-order valence-corrected chi connectivity index (χ1v) is 6.18. The van der Waals surface area contributed by atoms with Crippen LogP contribution in [-0.2, 0) is 9.53 Å². The summed E-state index contributed by atoms with van der Waals surface area (Å²) in [6, 6.07) is 0.0897. The van der Waals surface area contributed by atoms with Crippen LogP contribution in [0, 0.1) is 0 Å². The Morgan fingerprint density at radius 1 is 1.73 bits per heavy atom. The summed E-state index contributed by atoms with van der Waals surface area (Å²) < 4.78 is 5.37. The maximum atomic E-state index is 11.9. The minimum Gasteiger partial charge on any atom is -0.394 e. The van der Waals surface area contributed by atoms with E-state index in [4.69, 9.17) is 9.84 Å². The number of amides is 1. The molecular weight excluding hydrogens is 262 g/mol. The van der Waals surface area contributed by atoms with Gasteiger partial charge in [0.1, 0.15) is 0 Å². The number of aliphatic hydroxyl groups excluding tert-OH is 1. The molecule has 0 saturated carbocycles. The second-order valence-corrected chi connectivity index (χ2v) is 4.96. The van der Waals surface area contributed by atoms with E-state index in [2.05, 4.69) is 15.9 Å². The normalized spacial score (nSPS) is 28.9. The number of rotatable bonds is 3. The Hall–Kier alpha value is -0.130. The van der Waals surface area contributed by atoms with E-state index in [0.29, 0.717) is 13.2 Å². The first-order chi connectivity index (χ1) is 7.10. The quantitative estimate of drug-likeness (QED) is 0.777. The lowest BCUT2D eigenvalue weighted by Crippen LogP contribution is -2.53. The molecule has 4 nitrogen and oxygen atoms in total. The van der Waals surface area contributed by atoms with Crippen LogP contribution < -0.4 is 0 Å². The summed E-state index contributed by atoms with van der Waals surface area (Å²) in [6.45, 7) is 4.88. The van der Waals surface area contributed by atoms with Gasteiger partial charge in [-0.2, -0.15) is 0 Å². The van der Waals surface area contributed by atoms with Crippen molar-refractivity contribution >= 4 is 21.8 Å². The molecule has 0 aromatic rings. The Labute approximate surface area is 98.7 Å². The average molecular weight is 280 g/mol. The predicted molar refractivity (Wildman–Crippen MR) is 61.0 cm³/mol. The van der Waals surface area contributed by atoms with Gasteiger partial charge < -0.3 is 14.7 Å². The smallest absolute Gasteiger partial charge is 0.236 e. The molecule has 15 heavy (non-hydrogen) atoms. The van der Waals surface area contributed by atoms with E-state index in [1.807, 2.05) is 13.8 Å². The predicted octanol–water partition coefficient (Wildman–Crippen LogP) is 0.768. The van der Waals surface area contributed by atoms with E-state index in [0.717, 1.165) is 6.42 Å². The van der Waals surface area contributed by atoms with Gasteiger partial charge in [-0.15, -0.1) is 0 Å². The Bertz CT molecular complexity index is 225. The van der Waals surface area contributed by atoms with Gasteiger partial charge in [-0.1, -0.05) is 22.9 Å². The molecule has 3 unspecified atom stereocenters. The van der Waals surface area contributed by atoms with Gasteiger partial charge >= 0.3 is 0 Å². The van der Waals surface area contributed by atoms with E-state index >= 15 is 0 Å². The SMILES string of the molecule is CCC(Br)C(=O)N1CC(CO)OCC1C. The Balaban J connectivity index is 2.61. The molecule has 1 heterocycles. The van der Waals surface area contributed by atoms with Crippen LogP contribution in [0.25, 0.3) is 0 Å². The molecular formula is C10H18BrNO3. The number of ether oxygens (including phenoxy) is 1. The molecule has 1 rings (SSSR count). The van der Waals surface area contributed by atoms with Crippen LogP contribution in [-0.4, -0.2) is 52.6 Å². The zero-order valence-electron chi connectivity index (χ0n) is 9.15. The number of hydrogen-bond acceptors (Lipinski definition) is 3. The van der Waals surface area contributed by atoms with Crippen molar-refractivity contribution in [1.82, 2.24) is 4.90 Å². The van der Waals surface area contributed by atoms with Crippen LogP contribution >= 0.6 is 15.9 Å². The number of morpholine rings is 1. The molecule has 0 spiro atoms. The molecule has 5 heteroatoms. The van der Waals surface area contributed by atoms with Crippen molar-refractivity contribution in [1.29, 1.82) is 0 Å². The van der Waals surface area contributed by atoms with Crippen LogP contribution in [0.5, 0.6) is 0 Å². The highest BCUT2D eigenvalue weighted by molar-refractivity contribution is 9.10. The number of carbonyl (C=O) groups excluding carboxylic acids is 1. The molecule has 1 amide bonds. The summed E-state index contributed by atoms with van der Waals surface area (Å²) in [5, 5.41) is 9.00. The summed E-state index contributed by atoms with van der Waals surface area (Å²) >= 11 is 3.35. The van der Waals surface area contributed by atoms with Crippen molar-refractivity contribution in [3.05, 3.63) is 0 Å². The second-order valence-electron chi connectivity index (χ2n) is 3.85. The lowest BCUT2D eigenvalue weighted by molar-refractivity contribution is -0.145. The minimum atomic E-state index is -0.235. The fourth-order valence-electron chi connectivity index (χ4n) is 1.59. The van der Waals surface area contributed by atoms with Crippen molar-refractivity contribution in [3.63, 3.8) is 0 Å². The second kappa shape index (κ2) is 5.82. The molecule has 0 aliphatic carbocycles. The van der Waals surface area contributed by atoms with Crippen molar-refractivity contribution in [3.8, 4) is 0 Å². The largest absolute Gasteiger partial charge is 0.394 e. The van der Waals surface area contributed by atoms with Crippen molar-refractivity contribution in [2.24, 2.45) is 0 Å². The molecule has 1 aliphatic rings. The third-order valence-electron chi connectivity index (χ3n) is 2.62. The number of aliphatic hydroxyl groups is 1. The molecule has 1 aliphatic heterocycles. The third kappa shape index (κ3) is 3.16. The number of carbonyl (C=O) groups is 1. The van der Waals surface area contributed by atoms with Crippen molar-refractivity contribution in [2.45, 2.75) is 37.2 Å². The number of hydrogen-bond donors (Lipinski definition) is 1. The highest BCUT2D eigenvalue weighted by Gasteiger charge is 2.31. The van der Waals surface area contributed by atoms with E-state index < -0.39 is 0 Å². The summed E-state index contributed by atoms with van der Waals surface area (Å²) in [4.78, 5) is 13.6. The number of halogens is 1. The van der Waals surface area contributed by atoms with Crippen LogP contribution in [0.15, 0.2) is 0 Å². The molecule has 3 atom stereocenters. The summed E-state index contributed by atoms with van der Waals surface area (Å²) in [7, 11) is 0. The first kappa shape index (κ1) is 12.9. The molecule has 0 aromatic heterocycles. The van der Waals surface area contributed by atoms with Gasteiger partial charge in [-0.05, 0) is 13.3 Å². The molecule has 1 fully saturated rings. The third-order valence-corrected chi connectivity index (χ3v) is 3.66. The van der Waals surface area contributed by atoms with Crippen LogP contribution in [0.1, 0.15) is 20.3 Å². The maximum Gasteiger partial charge on any atom is 0.236 e. The highest BCUT2D eigenvalue weighted by atomic mass is 79.9. The Morgan fingerprint density at radius 2 is 2.40 bits per heavy atom. The van der Waals surface area contributed by atoms with Crippen LogP contribution in [0.4, 0.5) is 0 Å². The van der Waals surface area contributed by atoms with Gasteiger partial charge in [0.2, 0.25) is 5.91 Å². The van der Waals surface area contributed by atoms with Crippen molar-refractivity contribution in [2.75, 3.05) is 19.8 Å². The van der Waals surface area contributed by atoms with Gasteiger partial charge in [0.15, 0.2) is 0 Å². The molecule has 0 radical (unpaired) electrons. The minimum absolute atomic E-state index is 0.0322. The molecule has 0 aromatic carbocycles. The molecule has 1 saturated heterocycles. The summed E-state index contributed by atoms with van der Waals surface area (Å²) in [6.07, 6.45) is 0.536. The van der Waals surface area contributed by atoms with Crippen LogP contribution in [0.2, 0.25) is 0 Å². The lowest BCUT2D eigenvalue weighted by atomic mass is 10.1. The fourth-order valence-corrected chi connectivity index (χ4v) is 1.85. The topological polar surface area (TPSA) is 49.8 Å². The number of nitrogens with zero attached hydrogens (tertiary/aromatic N) is 1. The fraction of sp³-hybridized carbons (Fsp3) is 0.900. The van der Waals surface area contributed by atoms with Crippen molar-refractivity contribution < 1.29 is 14.6 Å². The van der Waals surface area contributed by atoms with Gasteiger partial charge in [0.05, 0.1) is 30.2 Å². The first-order valence-electron chi connectivity index (χ1n) is 5.27. The Morgan fingerprint density at radius 3 is 2.93 bits per heavy atom. The lowest BCUT2D eigenvalue weighted by Gasteiger charge is -2.38. The molecule has 0 bridgehead atoms. The standard InChI is InChI=1S/C10H18BrNO3/c1-3-9(11)10(14)12-4-8(5-13)15-6-7(12)2/h7-9,13H,3-6H2,1-2H3. The maximum absolute atomic E-state index is 11.9. The van der Waals surface area contributed by atoms with E-state index in [1.54, 1.807) is 4.90 Å². The highest BCUT2D eigenvalue weighted by Crippen LogP contribution is 2.17. The zero-order valence-corrected chi connectivity index (χ0v) is 10.7. The van der Waals surface area contributed by atoms with E-state index in [1.165, 1.54) is 0 Å². The zero-order chi connectivity index (χ0) is 11.4. The summed E-state index contributed by atoms with van der Waals surface area (Å²) in [5.74, 6) is 0.0896. The van der Waals surface area contributed by atoms with E-state index in [-0.39, 0.29) is 29.5 Å². The van der Waals surface area contributed by atoms with Gasteiger partial charge in [-0.3, -0.25) is 4.79 Å². The Kier molecular flexibility index (Phi) is 5.02. The number of alkyl halides is 1. The van der Waals surface area contributed by atoms with E-state index in [9.17, 15) is 4.79 Å². The summed E-state index contributed by atoms with van der Waals surface area (Å²) in [5.41, 5.74) is 0. The van der Waals surface area contributed by atoms with Crippen LogP contribution in [0.3, 0.4) is 0 Å². The average Bonchev–Trinajstić information content (AvgIpc) is 2.27. The van der Waals surface area contributed by atoms with Gasteiger partial charge in [-0.25, -0.2) is 0 Å². The molecule has 88 valence electrons. The van der Waals surface area contributed by atoms with Gasteiger partial charge in [0.25, 0.3) is 0 Å². The monoisotopic (exact) mass is 279 g/mol.